The number of rotatable bonds is 7. The van der Waals surface area contributed by atoms with Crippen LogP contribution >= 0.6 is 11.3 Å². The summed E-state index contributed by atoms with van der Waals surface area (Å²) in [6.45, 7) is 0. The fraction of sp³-hybridized carbons (Fsp3) is 0.0952. The molecule has 0 aliphatic carbocycles. The van der Waals surface area contributed by atoms with Gasteiger partial charge in [-0.1, -0.05) is 36.4 Å². The van der Waals surface area contributed by atoms with Crippen LogP contribution in [0.5, 0.6) is 0 Å². The van der Waals surface area contributed by atoms with E-state index in [-0.39, 0.29) is 11.8 Å². The molecule has 0 fully saturated rings. The third-order valence-electron chi connectivity index (χ3n) is 4.40. The Bertz CT molecular complexity index is 1100. The van der Waals surface area contributed by atoms with Crippen molar-refractivity contribution in [1.29, 1.82) is 0 Å². The van der Waals surface area contributed by atoms with Crippen LogP contribution in [0.1, 0.15) is 15.2 Å². The SMILES string of the molecule is O=C(NC(Cc1ccccc1)C(=O)Nc1ccc(-n2cnnn2)cc1)c1cccs1. The van der Waals surface area contributed by atoms with Gasteiger partial charge in [0.05, 0.1) is 10.6 Å². The van der Waals surface area contributed by atoms with Gasteiger partial charge in [-0.2, -0.15) is 0 Å². The van der Waals surface area contributed by atoms with Gasteiger partial charge in [-0.25, -0.2) is 4.68 Å². The second-order valence-corrected chi connectivity index (χ2v) is 7.43. The highest BCUT2D eigenvalue weighted by Crippen LogP contribution is 2.14. The van der Waals surface area contributed by atoms with E-state index in [1.807, 2.05) is 35.7 Å². The number of hydrogen-bond donors (Lipinski definition) is 2. The van der Waals surface area contributed by atoms with Crippen LogP contribution in [0.2, 0.25) is 0 Å². The zero-order valence-corrected chi connectivity index (χ0v) is 16.6. The van der Waals surface area contributed by atoms with Crippen molar-refractivity contribution < 1.29 is 9.59 Å². The van der Waals surface area contributed by atoms with E-state index in [9.17, 15) is 9.59 Å². The third-order valence-corrected chi connectivity index (χ3v) is 5.27. The first-order valence-electron chi connectivity index (χ1n) is 9.21. The summed E-state index contributed by atoms with van der Waals surface area (Å²) >= 11 is 1.33. The first kappa shape index (κ1) is 19.5. The van der Waals surface area contributed by atoms with Gasteiger partial charge in [0.15, 0.2) is 0 Å². The lowest BCUT2D eigenvalue weighted by atomic mass is 10.0. The second-order valence-electron chi connectivity index (χ2n) is 6.48. The van der Waals surface area contributed by atoms with Crippen LogP contribution < -0.4 is 10.6 Å². The van der Waals surface area contributed by atoms with Crippen molar-refractivity contribution >= 4 is 28.8 Å². The molecule has 1 atom stereocenters. The maximum absolute atomic E-state index is 13.0. The van der Waals surface area contributed by atoms with E-state index >= 15 is 0 Å². The van der Waals surface area contributed by atoms with E-state index in [0.29, 0.717) is 17.0 Å². The molecule has 150 valence electrons. The lowest BCUT2D eigenvalue weighted by molar-refractivity contribution is -0.118. The molecule has 4 aromatic rings. The van der Waals surface area contributed by atoms with Gasteiger partial charge in [0.2, 0.25) is 5.91 Å². The van der Waals surface area contributed by atoms with Crippen molar-refractivity contribution in [2.75, 3.05) is 5.32 Å². The van der Waals surface area contributed by atoms with Crippen LogP contribution in [0.25, 0.3) is 5.69 Å². The Morgan fingerprint density at radius 3 is 2.47 bits per heavy atom. The van der Waals surface area contributed by atoms with Crippen molar-refractivity contribution in [3.05, 3.63) is 88.9 Å². The van der Waals surface area contributed by atoms with Gasteiger partial charge in [0, 0.05) is 12.1 Å². The van der Waals surface area contributed by atoms with E-state index in [0.717, 1.165) is 11.3 Å². The molecular weight excluding hydrogens is 400 g/mol. The average molecular weight is 418 g/mol. The summed E-state index contributed by atoms with van der Waals surface area (Å²) < 4.78 is 1.52. The molecule has 0 saturated carbocycles. The number of thiophene rings is 1. The van der Waals surface area contributed by atoms with E-state index in [1.54, 1.807) is 36.4 Å². The molecule has 4 rings (SSSR count). The highest BCUT2D eigenvalue weighted by atomic mass is 32.1. The number of anilines is 1. The van der Waals surface area contributed by atoms with Gasteiger partial charge in [-0.05, 0) is 51.7 Å². The summed E-state index contributed by atoms with van der Waals surface area (Å²) in [5.41, 5.74) is 2.34. The predicted molar refractivity (Wildman–Crippen MR) is 114 cm³/mol. The van der Waals surface area contributed by atoms with Gasteiger partial charge in [-0.15, -0.1) is 16.4 Å². The average Bonchev–Trinajstić information content (AvgIpc) is 3.49. The molecule has 0 aliphatic heterocycles. The Hall–Kier alpha value is -3.85. The molecule has 0 radical (unpaired) electrons. The molecule has 0 spiro atoms. The Balaban J connectivity index is 1.48. The van der Waals surface area contributed by atoms with Crippen LogP contribution in [0.15, 0.2) is 78.4 Å². The molecule has 2 amide bonds. The van der Waals surface area contributed by atoms with Crippen molar-refractivity contribution in [3.63, 3.8) is 0 Å². The van der Waals surface area contributed by atoms with Crippen LogP contribution in [0.4, 0.5) is 5.69 Å². The number of aromatic nitrogens is 4. The maximum atomic E-state index is 13.0. The Labute approximate surface area is 176 Å². The number of nitrogens with one attached hydrogen (secondary N) is 2. The van der Waals surface area contributed by atoms with Crippen LogP contribution in [-0.2, 0) is 11.2 Å². The highest BCUT2D eigenvalue weighted by molar-refractivity contribution is 7.12. The molecule has 0 aliphatic rings. The molecule has 30 heavy (non-hydrogen) atoms. The van der Waals surface area contributed by atoms with Crippen molar-refractivity contribution in [2.24, 2.45) is 0 Å². The van der Waals surface area contributed by atoms with Gasteiger partial charge >= 0.3 is 0 Å². The summed E-state index contributed by atoms with van der Waals surface area (Å²) in [6.07, 6.45) is 1.87. The number of carbonyl (C=O) groups excluding carboxylic acids is 2. The number of carbonyl (C=O) groups is 2. The number of amides is 2. The van der Waals surface area contributed by atoms with Gasteiger partial charge in [0.1, 0.15) is 12.4 Å². The first-order chi connectivity index (χ1) is 14.7. The summed E-state index contributed by atoms with van der Waals surface area (Å²) in [5.74, 6) is -0.561. The Kier molecular flexibility index (Phi) is 5.90. The normalized spacial score (nSPS) is 11.6. The van der Waals surface area contributed by atoms with E-state index in [1.165, 1.54) is 22.3 Å². The first-order valence-corrected chi connectivity index (χ1v) is 10.1. The molecule has 0 bridgehead atoms. The number of tetrazole rings is 1. The van der Waals surface area contributed by atoms with Gasteiger partial charge in [0.25, 0.3) is 5.91 Å². The molecule has 8 nitrogen and oxygen atoms in total. The van der Waals surface area contributed by atoms with Crippen molar-refractivity contribution in [2.45, 2.75) is 12.5 Å². The second kappa shape index (κ2) is 9.10. The summed E-state index contributed by atoms with van der Waals surface area (Å²) in [5, 5.41) is 18.6. The molecule has 2 aromatic carbocycles. The third kappa shape index (κ3) is 4.76. The number of benzene rings is 2. The van der Waals surface area contributed by atoms with E-state index in [4.69, 9.17) is 0 Å². The Morgan fingerprint density at radius 1 is 1.00 bits per heavy atom. The van der Waals surface area contributed by atoms with Crippen molar-refractivity contribution in [3.8, 4) is 5.69 Å². The fourth-order valence-electron chi connectivity index (χ4n) is 2.90. The topological polar surface area (TPSA) is 102 Å². The molecule has 2 aromatic heterocycles. The van der Waals surface area contributed by atoms with Gasteiger partial charge in [-0.3, -0.25) is 9.59 Å². The molecule has 9 heteroatoms. The molecular formula is C21H18N6O2S. The van der Waals surface area contributed by atoms with E-state index < -0.39 is 6.04 Å². The highest BCUT2D eigenvalue weighted by Gasteiger charge is 2.22. The van der Waals surface area contributed by atoms with Crippen molar-refractivity contribution in [1.82, 2.24) is 25.5 Å². The maximum Gasteiger partial charge on any atom is 0.262 e. The zero-order valence-electron chi connectivity index (χ0n) is 15.8. The predicted octanol–water partition coefficient (Wildman–Crippen LogP) is 2.70. The Morgan fingerprint density at radius 2 is 1.80 bits per heavy atom. The molecule has 2 heterocycles. The monoisotopic (exact) mass is 418 g/mol. The summed E-state index contributed by atoms with van der Waals surface area (Å²) in [6, 6.07) is 19.5. The lowest BCUT2D eigenvalue weighted by Crippen LogP contribution is -2.45. The van der Waals surface area contributed by atoms with Crippen LogP contribution in [0, 0.1) is 0 Å². The van der Waals surface area contributed by atoms with E-state index in [2.05, 4.69) is 26.2 Å². The van der Waals surface area contributed by atoms with Crippen LogP contribution in [0.3, 0.4) is 0 Å². The minimum Gasteiger partial charge on any atom is -0.339 e. The standard InChI is InChI=1S/C21H18N6O2S/c28-20(23-16-8-10-17(11-9-16)27-14-22-25-26-27)18(13-15-5-2-1-3-6-15)24-21(29)19-7-4-12-30-19/h1-12,14,18H,13H2,(H,23,28)(H,24,29). The lowest BCUT2D eigenvalue weighted by Gasteiger charge is -2.18. The summed E-state index contributed by atoms with van der Waals surface area (Å²) in [4.78, 5) is 26.1. The minimum absolute atomic E-state index is 0.268. The number of nitrogens with zero attached hydrogens (tertiary/aromatic N) is 4. The smallest absolute Gasteiger partial charge is 0.262 e. The zero-order chi connectivity index (χ0) is 20.8. The number of hydrogen-bond acceptors (Lipinski definition) is 6. The molecule has 0 saturated heterocycles. The van der Waals surface area contributed by atoms with Gasteiger partial charge < -0.3 is 10.6 Å². The van der Waals surface area contributed by atoms with Crippen LogP contribution in [-0.4, -0.2) is 38.1 Å². The molecule has 2 N–H and O–H groups in total. The summed E-state index contributed by atoms with van der Waals surface area (Å²) in [7, 11) is 0. The minimum atomic E-state index is -0.721. The fourth-order valence-corrected chi connectivity index (χ4v) is 3.53. The quantitative estimate of drug-likeness (QED) is 0.480. The largest absolute Gasteiger partial charge is 0.339 e. The molecule has 1 unspecified atom stereocenters.